The minimum Gasteiger partial charge on any atom is -0.462 e. The van der Waals surface area contributed by atoms with Crippen LogP contribution < -0.4 is 0 Å². The van der Waals surface area contributed by atoms with Crippen molar-refractivity contribution in [2.45, 2.75) is 52.9 Å². The highest BCUT2D eigenvalue weighted by molar-refractivity contribution is 6.31. The van der Waals surface area contributed by atoms with E-state index >= 15 is 0 Å². The summed E-state index contributed by atoms with van der Waals surface area (Å²) in [5, 5.41) is 0.705. The van der Waals surface area contributed by atoms with Crippen LogP contribution in [0, 0.1) is 6.92 Å². The molecule has 0 aliphatic heterocycles. The third-order valence-corrected chi connectivity index (χ3v) is 3.75. The summed E-state index contributed by atoms with van der Waals surface area (Å²) < 4.78 is 5.33. The smallest absolute Gasteiger partial charge is 0.338 e. The van der Waals surface area contributed by atoms with Gasteiger partial charge in [0, 0.05) is 5.02 Å². The summed E-state index contributed by atoms with van der Waals surface area (Å²) in [5.41, 5.74) is 2.62. The van der Waals surface area contributed by atoms with Crippen LogP contribution in [-0.4, -0.2) is 12.6 Å². The summed E-state index contributed by atoms with van der Waals surface area (Å²) in [6.07, 6.45) is 5.21. The predicted octanol–water partition coefficient (Wildman–Crippen LogP) is 4.95. The Kier molecular flexibility index (Phi) is 6.93. The Bertz CT molecular complexity index is 427. The van der Waals surface area contributed by atoms with Gasteiger partial charge in [-0.25, -0.2) is 4.79 Å². The Morgan fingerprint density at radius 2 is 1.95 bits per heavy atom. The van der Waals surface area contributed by atoms with E-state index in [2.05, 4.69) is 6.92 Å². The zero-order chi connectivity index (χ0) is 14.3. The van der Waals surface area contributed by atoms with E-state index in [1.807, 2.05) is 13.8 Å². The molecule has 106 valence electrons. The van der Waals surface area contributed by atoms with Crippen molar-refractivity contribution in [2.75, 3.05) is 6.61 Å². The summed E-state index contributed by atoms with van der Waals surface area (Å²) >= 11 is 6.08. The van der Waals surface area contributed by atoms with E-state index in [0.29, 0.717) is 17.2 Å². The molecule has 0 saturated heterocycles. The maximum Gasteiger partial charge on any atom is 0.338 e. The van der Waals surface area contributed by atoms with Crippen molar-refractivity contribution in [3.05, 3.63) is 33.8 Å². The number of esters is 1. The van der Waals surface area contributed by atoms with Gasteiger partial charge in [0.2, 0.25) is 0 Å². The summed E-state index contributed by atoms with van der Waals surface area (Å²) in [4.78, 5) is 12.1. The molecule has 0 amide bonds. The van der Waals surface area contributed by atoms with Gasteiger partial charge in [0.25, 0.3) is 0 Å². The van der Waals surface area contributed by atoms with E-state index in [9.17, 15) is 4.79 Å². The number of hydrogen-bond acceptors (Lipinski definition) is 2. The van der Waals surface area contributed by atoms with Crippen LogP contribution in [0.1, 0.15) is 61.0 Å². The second-order valence-electron chi connectivity index (χ2n) is 4.75. The Hall–Kier alpha value is -1.02. The van der Waals surface area contributed by atoms with Crippen LogP contribution >= 0.6 is 11.6 Å². The molecule has 0 radical (unpaired) electrons. The highest BCUT2D eigenvalue weighted by atomic mass is 35.5. The van der Waals surface area contributed by atoms with Crippen molar-refractivity contribution in [1.82, 2.24) is 0 Å². The van der Waals surface area contributed by atoms with Gasteiger partial charge in [0.1, 0.15) is 0 Å². The second-order valence-corrected chi connectivity index (χ2v) is 5.16. The number of rotatable bonds is 7. The van der Waals surface area contributed by atoms with Crippen LogP contribution in [0.3, 0.4) is 0 Å². The fraction of sp³-hybridized carbons (Fsp3) is 0.562. The van der Waals surface area contributed by atoms with Crippen LogP contribution in [0.15, 0.2) is 12.1 Å². The number of hydrogen-bond donors (Lipinski definition) is 0. The average molecular weight is 283 g/mol. The Morgan fingerprint density at radius 3 is 2.58 bits per heavy atom. The van der Waals surface area contributed by atoms with E-state index in [1.54, 1.807) is 12.1 Å². The van der Waals surface area contributed by atoms with E-state index < -0.39 is 0 Å². The molecule has 1 aromatic carbocycles. The molecule has 0 bridgehead atoms. The first kappa shape index (κ1) is 16.0. The van der Waals surface area contributed by atoms with Gasteiger partial charge < -0.3 is 4.74 Å². The molecule has 2 nitrogen and oxygen atoms in total. The van der Waals surface area contributed by atoms with E-state index in [4.69, 9.17) is 16.3 Å². The fourth-order valence-corrected chi connectivity index (χ4v) is 2.32. The van der Waals surface area contributed by atoms with E-state index in [0.717, 1.165) is 30.4 Å². The monoisotopic (exact) mass is 282 g/mol. The highest BCUT2D eigenvalue weighted by Gasteiger charge is 2.15. The van der Waals surface area contributed by atoms with E-state index in [-0.39, 0.29) is 5.97 Å². The number of benzene rings is 1. The second kappa shape index (κ2) is 8.21. The average Bonchev–Trinajstić information content (AvgIpc) is 2.41. The number of ether oxygens (including phenoxy) is 1. The first-order chi connectivity index (χ1) is 9.11. The summed E-state index contributed by atoms with van der Waals surface area (Å²) in [7, 11) is 0. The van der Waals surface area contributed by atoms with Gasteiger partial charge >= 0.3 is 5.97 Å². The Morgan fingerprint density at radius 1 is 1.21 bits per heavy atom. The number of carbonyl (C=O) groups is 1. The third kappa shape index (κ3) is 4.54. The molecule has 0 unspecified atom stereocenters. The SMILES string of the molecule is CCCCCCOC(=O)c1ccc(Cl)c(C)c1CC. The van der Waals surface area contributed by atoms with Crippen LogP contribution in [-0.2, 0) is 11.2 Å². The fourth-order valence-electron chi connectivity index (χ4n) is 2.15. The van der Waals surface area contributed by atoms with Gasteiger partial charge in [-0.2, -0.15) is 0 Å². The van der Waals surface area contributed by atoms with Crippen LogP contribution in [0.25, 0.3) is 0 Å². The van der Waals surface area contributed by atoms with Crippen LogP contribution in [0.4, 0.5) is 0 Å². The van der Waals surface area contributed by atoms with Crippen LogP contribution in [0.5, 0.6) is 0 Å². The van der Waals surface area contributed by atoms with Gasteiger partial charge in [0.15, 0.2) is 0 Å². The lowest BCUT2D eigenvalue weighted by molar-refractivity contribution is 0.0496. The molecule has 0 aliphatic carbocycles. The quantitative estimate of drug-likeness (QED) is 0.522. The van der Waals surface area contributed by atoms with Gasteiger partial charge in [0.05, 0.1) is 12.2 Å². The van der Waals surface area contributed by atoms with Crippen molar-refractivity contribution in [3.63, 3.8) is 0 Å². The van der Waals surface area contributed by atoms with Gasteiger partial charge in [-0.05, 0) is 43.0 Å². The molecule has 1 rings (SSSR count). The molecular formula is C16H23ClO2. The lowest BCUT2D eigenvalue weighted by atomic mass is 10.00. The van der Waals surface area contributed by atoms with Gasteiger partial charge in [-0.15, -0.1) is 0 Å². The number of unbranched alkanes of at least 4 members (excludes halogenated alkanes) is 3. The van der Waals surface area contributed by atoms with Crippen molar-refractivity contribution in [2.24, 2.45) is 0 Å². The maximum atomic E-state index is 12.1. The predicted molar refractivity (Wildman–Crippen MR) is 80.0 cm³/mol. The number of halogens is 1. The summed E-state index contributed by atoms with van der Waals surface area (Å²) in [5.74, 6) is -0.229. The molecule has 0 spiro atoms. The molecule has 0 aliphatic rings. The molecule has 1 aromatic rings. The molecule has 3 heteroatoms. The minimum absolute atomic E-state index is 0.229. The topological polar surface area (TPSA) is 26.3 Å². The van der Waals surface area contributed by atoms with Crippen molar-refractivity contribution in [1.29, 1.82) is 0 Å². The normalized spacial score (nSPS) is 10.5. The Labute approximate surface area is 121 Å². The van der Waals surface area contributed by atoms with Gasteiger partial charge in [-0.3, -0.25) is 0 Å². The standard InChI is InChI=1S/C16H23ClO2/c1-4-6-7-8-11-19-16(18)14-9-10-15(17)12(3)13(14)5-2/h9-10H,4-8,11H2,1-3H3. The largest absolute Gasteiger partial charge is 0.462 e. The minimum atomic E-state index is -0.229. The molecule has 0 heterocycles. The molecule has 0 fully saturated rings. The van der Waals surface area contributed by atoms with Crippen molar-refractivity contribution in [3.8, 4) is 0 Å². The highest BCUT2D eigenvalue weighted by Crippen LogP contribution is 2.24. The Balaban J connectivity index is 2.64. The molecule has 0 atom stereocenters. The molecule has 19 heavy (non-hydrogen) atoms. The zero-order valence-electron chi connectivity index (χ0n) is 12.1. The molecular weight excluding hydrogens is 260 g/mol. The van der Waals surface area contributed by atoms with Crippen LogP contribution in [0.2, 0.25) is 5.02 Å². The van der Waals surface area contributed by atoms with E-state index in [1.165, 1.54) is 12.8 Å². The first-order valence-corrected chi connectivity index (χ1v) is 7.44. The molecule has 0 saturated carbocycles. The van der Waals surface area contributed by atoms with Crippen molar-refractivity contribution >= 4 is 17.6 Å². The summed E-state index contributed by atoms with van der Waals surface area (Å²) in [6, 6.07) is 3.53. The maximum absolute atomic E-state index is 12.1. The third-order valence-electron chi connectivity index (χ3n) is 3.34. The van der Waals surface area contributed by atoms with Crippen molar-refractivity contribution < 1.29 is 9.53 Å². The molecule has 0 N–H and O–H groups in total. The zero-order valence-corrected chi connectivity index (χ0v) is 12.8. The summed E-state index contributed by atoms with van der Waals surface area (Å²) in [6.45, 7) is 6.63. The lowest BCUT2D eigenvalue weighted by Crippen LogP contribution is -2.10. The number of carbonyl (C=O) groups excluding carboxylic acids is 1. The lowest BCUT2D eigenvalue weighted by Gasteiger charge is -2.12. The molecule has 0 aromatic heterocycles. The van der Waals surface area contributed by atoms with Gasteiger partial charge in [-0.1, -0.05) is 44.7 Å². The first-order valence-electron chi connectivity index (χ1n) is 7.06.